The van der Waals surface area contributed by atoms with Gasteiger partial charge in [-0.05, 0) is 37.0 Å². The first kappa shape index (κ1) is 23.0. The van der Waals surface area contributed by atoms with Gasteiger partial charge in [-0.15, -0.1) is 13.2 Å². The molecule has 0 spiro atoms. The minimum atomic E-state index is -4.77. The van der Waals surface area contributed by atoms with Crippen LogP contribution in [0.3, 0.4) is 0 Å². The molecule has 2 aliphatic rings. The van der Waals surface area contributed by atoms with Gasteiger partial charge in [0.15, 0.2) is 5.17 Å². The van der Waals surface area contributed by atoms with Crippen LogP contribution in [0.1, 0.15) is 44.1 Å². The molecule has 8 nitrogen and oxygen atoms in total. The molecule has 2 unspecified atom stereocenters. The Morgan fingerprint density at radius 2 is 2.06 bits per heavy atom. The summed E-state index contributed by atoms with van der Waals surface area (Å²) in [4.78, 5) is 12.2. The number of ether oxygens (including phenoxy) is 1. The van der Waals surface area contributed by atoms with Gasteiger partial charge in [-0.2, -0.15) is 10.2 Å². The van der Waals surface area contributed by atoms with Crippen LogP contribution in [0.4, 0.5) is 13.2 Å². The predicted octanol–water partition coefficient (Wildman–Crippen LogP) is 2.76. The number of nitrogens with two attached hydrogens (primary N) is 1. The predicted molar refractivity (Wildman–Crippen MR) is 113 cm³/mol. The first-order chi connectivity index (χ1) is 14.8. The molecule has 0 fully saturated rings. The maximum atomic E-state index is 12.3. The molecule has 1 aromatic rings. The van der Waals surface area contributed by atoms with Gasteiger partial charge in [0.1, 0.15) is 11.6 Å². The van der Waals surface area contributed by atoms with Crippen molar-refractivity contribution in [3.63, 3.8) is 0 Å². The van der Waals surface area contributed by atoms with Crippen molar-refractivity contribution in [2.45, 2.75) is 62.7 Å². The molecule has 2 heterocycles. The summed E-state index contributed by atoms with van der Waals surface area (Å²) >= 11 is 1.54. The molecule has 2 atom stereocenters. The van der Waals surface area contributed by atoms with E-state index in [-0.39, 0.29) is 29.5 Å². The fourth-order valence-electron chi connectivity index (χ4n) is 3.32. The van der Waals surface area contributed by atoms with Gasteiger partial charge < -0.3 is 21.2 Å². The second-order valence-corrected chi connectivity index (χ2v) is 8.54. The number of carbonyl (C=O) groups is 1. The molecule has 170 valence electrons. The molecule has 0 saturated heterocycles. The quantitative estimate of drug-likeness (QED) is 0.446. The van der Waals surface area contributed by atoms with Crippen molar-refractivity contribution in [3.8, 4) is 5.75 Å². The van der Waals surface area contributed by atoms with Crippen LogP contribution >= 0.6 is 11.8 Å². The Labute approximate surface area is 182 Å². The van der Waals surface area contributed by atoms with Gasteiger partial charge >= 0.3 is 6.36 Å². The lowest BCUT2D eigenvalue weighted by atomic mass is 10.0. The van der Waals surface area contributed by atoms with E-state index in [1.54, 1.807) is 17.8 Å². The van der Waals surface area contributed by atoms with Crippen molar-refractivity contribution in [1.29, 1.82) is 0 Å². The topological polar surface area (TPSA) is 113 Å². The Hall–Kier alpha value is -2.63. The number of benzene rings is 1. The van der Waals surface area contributed by atoms with Crippen molar-refractivity contribution in [2.24, 2.45) is 15.9 Å². The monoisotopic (exact) mass is 458 g/mol. The van der Waals surface area contributed by atoms with Crippen LogP contribution in [0, 0.1) is 0 Å². The van der Waals surface area contributed by atoms with Gasteiger partial charge in [0.05, 0.1) is 11.8 Å². The maximum Gasteiger partial charge on any atom is 0.573 e. The number of hydrogen-bond donors (Lipinski definition) is 4. The number of nitrogens with one attached hydrogen (secondary N) is 3. The van der Waals surface area contributed by atoms with Crippen molar-refractivity contribution in [2.75, 3.05) is 0 Å². The number of hydrazone groups is 2. The second kappa shape index (κ2) is 10.6. The summed E-state index contributed by atoms with van der Waals surface area (Å²) in [6.45, 7) is 0. The lowest BCUT2D eigenvalue weighted by Crippen LogP contribution is -2.39. The number of alkyl halides is 3. The van der Waals surface area contributed by atoms with Gasteiger partial charge in [0, 0.05) is 12.5 Å². The molecule has 1 amide bonds. The summed E-state index contributed by atoms with van der Waals surface area (Å²) < 4.78 is 40.8. The lowest BCUT2D eigenvalue weighted by molar-refractivity contribution is -0.274. The fourth-order valence-corrected chi connectivity index (χ4v) is 4.11. The minimum absolute atomic E-state index is 0.0705. The van der Waals surface area contributed by atoms with Crippen LogP contribution in [-0.4, -0.2) is 34.7 Å². The van der Waals surface area contributed by atoms with Crippen LogP contribution in [0.2, 0.25) is 0 Å². The highest BCUT2D eigenvalue weighted by Gasteiger charge is 2.31. The number of nitrogens with zero attached hydrogens (tertiary/aromatic N) is 2. The SMILES string of the molecule is NC1=NNC(CCCCC2CCC(NC(=O)Cc3cccc(OC(F)(F)F)c3)=NN2)S1. The smallest absolute Gasteiger partial charge is 0.406 e. The van der Waals surface area contributed by atoms with E-state index >= 15 is 0 Å². The summed E-state index contributed by atoms with van der Waals surface area (Å²) in [6, 6.07) is 5.63. The van der Waals surface area contributed by atoms with Crippen LogP contribution < -0.4 is 26.6 Å². The Balaban J connectivity index is 1.35. The molecule has 0 aromatic heterocycles. The number of amides is 1. The molecule has 31 heavy (non-hydrogen) atoms. The van der Waals surface area contributed by atoms with Crippen LogP contribution in [0.15, 0.2) is 34.5 Å². The summed E-state index contributed by atoms with van der Waals surface area (Å²) in [6.07, 6.45) is 0.699. The Bertz CT molecular complexity index is 833. The van der Waals surface area contributed by atoms with Gasteiger partial charge in [-0.1, -0.05) is 36.7 Å². The lowest BCUT2D eigenvalue weighted by Gasteiger charge is -2.23. The molecule has 0 saturated carbocycles. The number of thioether (sulfide) groups is 1. The van der Waals surface area contributed by atoms with Crippen molar-refractivity contribution >= 4 is 28.7 Å². The number of hydrogen-bond acceptors (Lipinski definition) is 8. The Kier molecular flexibility index (Phi) is 7.88. The zero-order valence-corrected chi connectivity index (χ0v) is 17.6. The van der Waals surface area contributed by atoms with E-state index in [4.69, 9.17) is 5.73 Å². The van der Waals surface area contributed by atoms with Gasteiger partial charge in [-0.3, -0.25) is 10.2 Å². The molecule has 3 rings (SSSR count). The van der Waals surface area contributed by atoms with Crippen molar-refractivity contribution in [1.82, 2.24) is 16.2 Å². The average molecular weight is 459 g/mol. The van der Waals surface area contributed by atoms with Gasteiger partial charge in [-0.25, -0.2) is 0 Å². The largest absolute Gasteiger partial charge is 0.573 e. The third kappa shape index (κ3) is 8.19. The molecule has 12 heteroatoms. The van der Waals surface area contributed by atoms with E-state index in [1.165, 1.54) is 18.2 Å². The Morgan fingerprint density at radius 3 is 2.74 bits per heavy atom. The molecule has 0 aliphatic carbocycles. The maximum absolute atomic E-state index is 12.3. The molecular weight excluding hydrogens is 433 g/mol. The normalized spacial score (nSPS) is 20.9. The number of carbonyl (C=O) groups excluding carboxylic acids is 1. The molecule has 5 N–H and O–H groups in total. The summed E-state index contributed by atoms with van der Waals surface area (Å²) in [5, 5.41) is 11.7. The molecular formula is C19H25F3N6O2S. The standard InChI is InChI=1S/C19H25F3N6O2S/c20-19(21,22)30-14-6-3-4-12(10-14)11-16(29)24-15-9-8-13(25-26-15)5-1-2-7-17-27-28-18(23)31-17/h3-4,6,10,13,17,25,27H,1-2,5,7-9,11H2,(H2,23,28)(H,24,26,29). The average Bonchev–Trinajstić information content (AvgIpc) is 3.10. The highest BCUT2D eigenvalue weighted by Crippen LogP contribution is 2.24. The van der Waals surface area contributed by atoms with E-state index in [1.807, 2.05) is 0 Å². The number of halogens is 3. The van der Waals surface area contributed by atoms with E-state index in [0.717, 1.165) is 32.1 Å². The highest BCUT2D eigenvalue weighted by atomic mass is 32.2. The van der Waals surface area contributed by atoms with E-state index in [0.29, 0.717) is 23.0 Å². The first-order valence-corrected chi connectivity index (χ1v) is 10.9. The molecule has 2 aliphatic heterocycles. The number of unbranched alkanes of at least 4 members (excludes halogenated alkanes) is 1. The van der Waals surface area contributed by atoms with E-state index in [9.17, 15) is 18.0 Å². The number of amidine groups is 2. The first-order valence-electron chi connectivity index (χ1n) is 9.99. The zero-order chi connectivity index (χ0) is 22.3. The van der Waals surface area contributed by atoms with Crippen LogP contribution in [-0.2, 0) is 11.2 Å². The van der Waals surface area contributed by atoms with Crippen LogP contribution in [0.25, 0.3) is 0 Å². The van der Waals surface area contributed by atoms with E-state index in [2.05, 4.69) is 31.1 Å². The van der Waals surface area contributed by atoms with Crippen LogP contribution in [0.5, 0.6) is 5.75 Å². The highest BCUT2D eigenvalue weighted by molar-refractivity contribution is 8.14. The van der Waals surface area contributed by atoms with Gasteiger partial charge in [0.2, 0.25) is 5.91 Å². The van der Waals surface area contributed by atoms with Gasteiger partial charge in [0.25, 0.3) is 0 Å². The molecule has 1 aromatic carbocycles. The zero-order valence-electron chi connectivity index (χ0n) is 16.7. The van der Waals surface area contributed by atoms with E-state index < -0.39 is 6.36 Å². The molecule has 0 radical (unpaired) electrons. The van der Waals surface area contributed by atoms with Crippen molar-refractivity contribution in [3.05, 3.63) is 29.8 Å². The van der Waals surface area contributed by atoms with Crippen molar-refractivity contribution < 1.29 is 22.7 Å². The summed E-state index contributed by atoms with van der Waals surface area (Å²) in [5.41, 5.74) is 12.1. The summed E-state index contributed by atoms with van der Waals surface area (Å²) in [7, 11) is 0. The second-order valence-electron chi connectivity index (χ2n) is 7.31. The third-order valence-electron chi connectivity index (χ3n) is 4.74. The third-order valence-corrected chi connectivity index (χ3v) is 5.70. The summed E-state index contributed by atoms with van der Waals surface area (Å²) in [5.74, 6) is -0.162. The Morgan fingerprint density at radius 1 is 1.26 bits per heavy atom. The molecule has 0 bridgehead atoms. The number of rotatable bonds is 8. The minimum Gasteiger partial charge on any atom is -0.406 e. The fraction of sp³-hybridized carbons (Fsp3) is 0.526.